The van der Waals surface area contributed by atoms with Crippen LogP contribution in [0.3, 0.4) is 0 Å². The Labute approximate surface area is 63.4 Å². The Bertz CT molecular complexity index is 114. The molecule has 0 aliphatic carbocycles. The lowest BCUT2D eigenvalue weighted by atomic mass is 11.5. The molecule has 0 bridgehead atoms. The summed E-state index contributed by atoms with van der Waals surface area (Å²) in [6, 6.07) is 0. The first-order valence-electron chi connectivity index (χ1n) is 2.65. The number of alkyl halides is 3. The lowest BCUT2D eigenvalue weighted by Crippen LogP contribution is -2.56. The van der Waals surface area contributed by atoms with Gasteiger partial charge in [-0.25, -0.2) is 0 Å². The quantitative estimate of drug-likeness (QED) is 0.620. The summed E-state index contributed by atoms with van der Waals surface area (Å²) in [5.41, 5.74) is 0. The molecule has 0 atom stereocenters. The molecule has 11 heavy (non-hydrogen) atoms. The molecule has 0 N–H and O–H groups in total. The molecule has 3 nitrogen and oxygen atoms in total. The van der Waals surface area contributed by atoms with Gasteiger partial charge in [0.25, 0.3) is 0 Å². The fourth-order valence-corrected chi connectivity index (χ4v) is 1.79. The van der Waals surface area contributed by atoms with Crippen molar-refractivity contribution in [3.8, 4) is 0 Å². The minimum Gasteiger partial charge on any atom is -0.371 e. The van der Waals surface area contributed by atoms with Crippen LogP contribution in [0.1, 0.15) is 0 Å². The summed E-state index contributed by atoms with van der Waals surface area (Å²) in [6.45, 7) is 0. The summed E-state index contributed by atoms with van der Waals surface area (Å²) in [7, 11) is -1.69. The Morgan fingerprint density at radius 2 is 1.18 bits per heavy atom. The van der Waals surface area contributed by atoms with Gasteiger partial charge < -0.3 is 13.3 Å². The maximum absolute atomic E-state index is 12.1. The Morgan fingerprint density at radius 3 is 1.18 bits per heavy atom. The molecule has 0 saturated heterocycles. The van der Waals surface area contributed by atoms with Crippen molar-refractivity contribution >= 4 is 8.80 Å². The predicted molar refractivity (Wildman–Crippen MR) is 32.8 cm³/mol. The summed E-state index contributed by atoms with van der Waals surface area (Å²) in [4.78, 5) is 0. The molecule has 0 unspecified atom stereocenters. The molecule has 0 radical (unpaired) electrons. The Kier molecular flexibility index (Phi) is 3.49. The zero-order valence-electron chi connectivity index (χ0n) is 6.36. The lowest BCUT2D eigenvalue weighted by Gasteiger charge is -2.25. The largest absolute Gasteiger partial charge is 0.615 e. The molecular weight excluding hydrogens is 181 g/mol. The zero-order chi connectivity index (χ0) is 9.12. The van der Waals surface area contributed by atoms with Crippen LogP contribution in [0.25, 0.3) is 0 Å². The van der Waals surface area contributed by atoms with Crippen LogP contribution in [0, 0.1) is 0 Å². The van der Waals surface area contributed by atoms with Crippen molar-refractivity contribution in [3.63, 3.8) is 0 Å². The summed E-state index contributed by atoms with van der Waals surface area (Å²) in [5.74, 6) is -4.56. The monoisotopic (exact) mass is 190 g/mol. The maximum Gasteiger partial charge on any atom is 0.615 e. The molecule has 0 rings (SSSR count). The number of hydrogen-bond donors (Lipinski definition) is 0. The Balaban J connectivity index is 4.54. The van der Waals surface area contributed by atoms with E-state index in [0.29, 0.717) is 0 Å². The second-order valence-electron chi connectivity index (χ2n) is 1.67. The molecule has 0 aromatic rings. The average Bonchev–Trinajstić information content (AvgIpc) is 1.90. The van der Waals surface area contributed by atoms with E-state index in [0.717, 1.165) is 21.3 Å². The summed E-state index contributed by atoms with van der Waals surface area (Å²) < 4.78 is 48.7. The van der Waals surface area contributed by atoms with E-state index in [1.807, 2.05) is 0 Å². The van der Waals surface area contributed by atoms with Crippen molar-refractivity contribution in [2.75, 3.05) is 21.3 Å². The molecule has 0 aliphatic rings. The molecule has 0 aromatic carbocycles. The molecule has 0 amide bonds. The van der Waals surface area contributed by atoms with Crippen LogP contribution in [0.4, 0.5) is 13.2 Å². The van der Waals surface area contributed by atoms with Crippen molar-refractivity contribution in [2.24, 2.45) is 0 Å². The Hall–Kier alpha value is -0.113. The summed E-state index contributed by atoms with van der Waals surface area (Å²) >= 11 is 0. The highest BCUT2D eigenvalue weighted by Gasteiger charge is 2.65. The number of hydrogen-bond acceptors (Lipinski definition) is 3. The minimum atomic E-state index is -4.56. The van der Waals surface area contributed by atoms with Gasteiger partial charge in [-0.15, -0.1) is 0 Å². The van der Waals surface area contributed by atoms with Crippen molar-refractivity contribution in [3.05, 3.63) is 0 Å². The van der Waals surface area contributed by atoms with E-state index in [9.17, 15) is 13.2 Å². The molecule has 0 aromatic heterocycles. The molecule has 7 heteroatoms. The number of rotatable bonds is 3. The third-order valence-electron chi connectivity index (χ3n) is 1.15. The van der Waals surface area contributed by atoms with Crippen LogP contribution < -0.4 is 0 Å². The van der Waals surface area contributed by atoms with Crippen LogP contribution in [0.5, 0.6) is 0 Å². The fourth-order valence-electron chi connectivity index (χ4n) is 0.597. The van der Waals surface area contributed by atoms with Gasteiger partial charge in [0.1, 0.15) is 0 Å². The van der Waals surface area contributed by atoms with Crippen LogP contribution >= 0.6 is 0 Å². The molecule has 0 aliphatic heterocycles. The molecule has 0 spiro atoms. The predicted octanol–water partition coefficient (Wildman–Crippen LogP) is 0.966. The van der Waals surface area contributed by atoms with E-state index >= 15 is 0 Å². The minimum absolute atomic E-state index is 0.909. The van der Waals surface area contributed by atoms with E-state index in [-0.39, 0.29) is 0 Å². The van der Waals surface area contributed by atoms with Crippen molar-refractivity contribution in [1.29, 1.82) is 0 Å². The fraction of sp³-hybridized carbons (Fsp3) is 1.00. The van der Waals surface area contributed by atoms with Crippen molar-refractivity contribution in [2.45, 2.75) is 5.80 Å². The molecular formula is C4H9F3O3Si. The van der Waals surface area contributed by atoms with Crippen molar-refractivity contribution < 1.29 is 26.4 Å². The molecule has 68 valence electrons. The summed E-state index contributed by atoms with van der Waals surface area (Å²) in [5, 5.41) is 0. The van der Waals surface area contributed by atoms with Gasteiger partial charge in [-0.1, -0.05) is 0 Å². The topological polar surface area (TPSA) is 27.7 Å². The van der Waals surface area contributed by atoms with Gasteiger partial charge in [-0.3, -0.25) is 0 Å². The maximum atomic E-state index is 12.1. The molecule has 0 heterocycles. The highest BCUT2D eigenvalue weighted by molar-refractivity contribution is 6.62. The van der Waals surface area contributed by atoms with Crippen LogP contribution in [0.2, 0.25) is 0 Å². The van der Waals surface area contributed by atoms with Crippen molar-refractivity contribution in [1.82, 2.24) is 0 Å². The van der Waals surface area contributed by atoms with Gasteiger partial charge >= 0.3 is 14.6 Å². The highest BCUT2D eigenvalue weighted by atomic mass is 28.4. The van der Waals surface area contributed by atoms with E-state index in [4.69, 9.17) is 0 Å². The van der Waals surface area contributed by atoms with Gasteiger partial charge in [0.15, 0.2) is 0 Å². The normalized spacial score (nSPS) is 13.6. The first-order valence-corrected chi connectivity index (χ1v) is 4.38. The second kappa shape index (κ2) is 3.52. The van der Waals surface area contributed by atoms with E-state index < -0.39 is 14.6 Å². The molecule has 0 fully saturated rings. The van der Waals surface area contributed by atoms with Gasteiger partial charge in [0, 0.05) is 21.3 Å². The standard InChI is InChI=1S/C4H9F3O3Si/c1-8-11(9-2,10-3)4(5,6)7/h1-3H3. The lowest BCUT2D eigenvalue weighted by molar-refractivity contribution is -0.122. The highest BCUT2D eigenvalue weighted by Crippen LogP contribution is 2.29. The van der Waals surface area contributed by atoms with Crippen LogP contribution in [0.15, 0.2) is 0 Å². The summed E-state index contributed by atoms with van der Waals surface area (Å²) in [6.07, 6.45) is 0. The van der Waals surface area contributed by atoms with E-state index in [1.54, 1.807) is 0 Å². The third-order valence-corrected chi connectivity index (χ3v) is 3.46. The molecule has 0 saturated carbocycles. The van der Waals surface area contributed by atoms with Gasteiger partial charge in [-0.05, 0) is 0 Å². The first kappa shape index (κ1) is 10.9. The zero-order valence-corrected chi connectivity index (χ0v) is 7.36. The van der Waals surface area contributed by atoms with Gasteiger partial charge in [0.2, 0.25) is 0 Å². The van der Waals surface area contributed by atoms with Gasteiger partial charge in [-0.2, -0.15) is 13.2 Å². The first-order chi connectivity index (χ1) is 4.93. The second-order valence-corrected chi connectivity index (χ2v) is 4.57. The number of halogens is 3. The smallest absolute Gasteiger partial charge is 0.371 e. The van der Waals surface area contributed by atoms with E-state index in [2.05, 4.69) is 13.3 Å². The van der Waals surface area contributed by atoms with Crippen LogP contribution in [-0.2, 0) is 13.3 Å². The average molecular weight is 190 g/mol. The van der Waals surface area contributed by atoms with Crippen LogP contribution in [-0.4, -0.2) is 35.9 Å². The van der Waals surface area contributed by atoms with Gasteiger partial charge in [0.05, 0.1) is 0 Å². The SMILES string of the molecule is CO[Si](OC)(OC)C(F)(F)F. The third kappa shape index (κ3) is 1.92. The van der Waals surface area contributed by atoms with E-state index in [1.165, 1.54) is 0 Å². The Morgan fingerprint density at radius 1 is 0.909 bits per heavy atom.